The molecule has 0 aliphatic heterocycles. The molecule has 206 valence electrons. The van der Waals surface area contributed by atoms with Crippen LogP contribution in [0.2, 0.25) is 0 Å². The Morgan fingerprint density at radius 3 is 1.02 bits per heavy atom. The highest BCUT2D eigenvalue weighted by atomic mass is 15.1. The van der Waals surface area contributed by atoms with Crippen molar-refractivity contribution in [2.45, 2.75) is 65.2 Å². The van der Waals surface area contributed by atoms with Crippen molar-refractivity contribution >= 4 is 35.7 Å². The molecule has 0 atom stereocenters. The first-order valence-corrected chi connectivity index (χ1v) is 15.1. The van der Waals surface area contributed by atoms with Gasteiger partial charge in [-0.15, -0.1) is 0 Å². The number of aryl methyl sites for hydroxylation is 2. The lowest BCUT2D eigenvalue weighted by Gasteiger charge is -2.20. The largest absolute Gasteiger partial charge is 0.345 e. The monoisotopic (exact) mass is 527 g/mol. The van der Waals surface area contributed by atoms with E-state index in [1.165, 1.54) is 96.1 Å². The second kappa shape index (κ2) is 15.7. The topological polar surface area (TPSA) is 3.24 Å². The van der Waals surface area contributed by atoms with E-state index in [0.29, 0.717) is 0 Å². The first-order valence-electron chi connectivity index (χ1n) is 15.1. The summed E-state index contributed by atoms with van der Waals surface area (Å²) in [4.78, 5) is 2.23. The highest BCUT2D eigenvalue weighted by molar-refractivity contribution is 5.73. The van der Waals surface area contributed by atoms with E-state index in [2.05, 4.69) is 147 Å². The van der Waals surface area contributed by atoms with Crippen LogP contribution in [0.4, 0.5) is 11.4 Å². The Morgan fingerprint density at radius 1 is 0.425 bits per heavy atom. The van der Waals surface area contributed by atoms with E-state index in [4.69, 9.17) is 0 Å². The molecule has 0 spiro atoms. The van der Waals surface area contributed by atoms with Crippen LogP contribution in [0.5, 0.6) is 0 Å². The van der Waals surface area contributed by atoms with Gasteiger partial charge in [0.05, 0.1) is 0 Å². The molecule has 0 aliphatic rings. The van der Waals surface area contributed by atoms with Gasteiger partial charge in [0.1, 0.15) is 0 Å². The molecule has 0 amide bonds. The molecule has 0 N–H and O–H groups in total. The van der Waals surface area contributed by atoms with Crippen molar-refractivity contribution in [1.29, 1.82) is 0 Å². The first kappa shape index (κ1) is 29.2. The molecule has 4 aromatic carbocycles. The first-order chi connectivity index (χ1) is 19.6. The van der Waals surface area contributed by atoms with Gasteiger partial charge in [-0.25, -0.2) is 0 Å². The minimum atomic E-state index is 1.18. The van der Waals surface area contributed by atoms with E-state index >= 15 is 0 Å². The maximum Gasteiger partial charge on any atom is 0.0408 e. The Bertz CT molecular complexity index is 1220. The summed E-state index contributed by atoms with van der Waals surface area (Å²) in [5.74, 6) is 0. The van der Waals surface area contributed by atoms with Gasteiger partial charge in [-0.1, -0.05) is 137 Å². The third kappa shape index (κ3) is 9.12. The SMILES string of the molecule is CCCCCc1ccc(C=Cc2ccc(N(C)c3ccc(C=Cc4ccc(CCCCC)cc4)cc3)cc2)cc1. The summed E-state index contributed by atoms with van der Waals surface area (Å²) in [5, 5.41) is 0. The normalized spacial score (nSPS) is 11.5. The van der Waals surface area contributed by atoms with Crippen LogP contribution in [-0.2, 0) is 12.8 Å². The molecule has 0 saturated heterocycles. The number of anilines is 2. The molecule has 0 aliphatic carbocycles. The summed E-state index contributed by atoms with van der Waals surface area (Å²) in [6, 6.07) is 35.5. The Balaban J connectivity index is 1.30. The van der Waals surface area contributed by atoms with E-state index in [1.807, 2.05) is 0 Å². The lowest BCUT2D eigenvalue weighted by atomic mass is 10.0. The predicted octanol–water partition coefficient (Wildman–Crippen LogP) is 11.3. The maximum atomic E-state index is 2.26. The molecule has 0 aromatic heterocycles. The zero-order chi connectivity index (χ0) is 28.0. The zero-order valence-electron chi connectivity index (χ0n) is 24.7. The molecule has 4 aromatic rings. The van der Waals surface area contributed by atoms with Gasteiger partial charge in [0, 0.05) is 18.4 Å². The highest BCUT2D eigenvalue weighted by Crippen LogP contribution is 2.25. The van der Waals surface area contributed by atoms with Gasteiger partial charge in [0.15, 0.2) is 0 Å². The van der Waals surface area contributed by atoms with Gasteiger partial charge >= 0.3 is 0 Å². The standard InChI is InChI=1S/C39H45N/c1-4-6-8-10-32-12-16-34(17-13-32)20-22-36-24-28-38(29-25-36)40(3)39-30-26-37(27-31-39)23-21-35-18-14-33(15-19-35)11-9-7-5-2/h12-31H,4-11H2,1-3H3. The highest BCUT2D eigenvalue weighted by Gasteiger charge is 2.04. The summed E-state index contributed by atoms with van der Waals surface area (Å²) in [6.45, 7) is 4.51. The van der Waals surface area contributed by atoms with Crippen LogP contribution in [0.15, 0.2) is 97.1 Å². The maximum absolute atomic E-state index is 2.26. The van der Waals surface area contributed by atoms with Crippen LogP contribution in [0.25, 0.3) is 24.3 Å². The fourth-order valence-corrected chi connectivity index (χ4v) is 4.90. The number of benzene rings is 4. The fraction of sp³-hybridized carbons (Fsp3) is 0.282. The average molecular weight is 528 g/mol. The van der Waals surface area contributed by atoms with E-state index in [1.54, 1.807) is 0 Å². The van der Waals surface area contributed by atoms with Crippen LogP contribution < -0.4 is 4.90 Å². The molecule has 1 heteroatoms. The van der Waals surface area contributed by atoms with E-state index in [9.17, 15) is 0 Å². The molecular weight excluding hydrogens is 482 g/mol. The average Bonchev–Trinajstić information content (AvgIpc) is 3.01. The van der Waals surface area contributed by atoms with Crippen molar-refractivity contribution in [3.05, 3.63) is 130 Å². The minimum absolute atomic E-state index is 1.18. The third-order valence-electron chi connectivity index (χ3n) is 7.59. The molecule has 0 unspecified atom stereocenters. The van der Waals surface area contributed by atoms with Gasteiger partial charge < -0.3 is 4.90 Å². The van der Waals surface area contributed by atoms with E-state index < -0.39 is 0 Å². The molecule has 0 radical (unpaired) electrons. The van der Waals surface area contributed by atoms with E-state index in [-0.39, 0.29) is 0 Å². The van der Waals surface area contributed by atoms with E-state index in [0.717, 1.165) is 0 Å². The van der Waals surface area contributed by atoms with Crippen molar-refractivity contribution in [3.63, 3.8) is 0 Å². The van der Waals surface area contributed by atoms with Crippen molar-refractivity contribution in [2.24, 2.45) is 0 Å². The minimum Gasteiger partial charge on any atom is -0.345 e. The zero-order valence-corrected chi connectivity index (χ0v) is 24.7. The van der Waals surface area contributed by atoms with Crippen LogP contribution >= 0.6 is 0 Å². The van der Waals surface area contributed by atoms with Crippen molar-refractivity contribution < 1.29 is 0 Å². The molecule has 0 bridgehead atoms. The molecule has 4 rings (SSSR count). The molecule has 40 heavy (non-hydrogen) atoms. The number of unbranched alkanes of at least 4 members (excludes halogenated alkanes) is 4. The van der Waals surface area contributed by atoms with Gasteiger partial charge in [0.25, 0.3) is 0 Å². The molecule has 1 nitrogen and oxygen atoms in total. The predicted molar refractivity (Wildman–Crippen MR) is 178 cm³/mol. The summed E-state index contributed by atoms with van der Waals surface area (Å²) in [7, 11) is 2.12. The summed E-state index contributed by atoms with van der Waals surface area (Å²) in [5.41, 5.74) is 10.1. The Morgan fingerprint density at radius 2 is 0.725 bits per heavy atom. The smallest absolute Gasteiger partial charge is 0.0408 e. The van der Waals surface area contributed by atoms with Gasteiger partial charge in [0.2, 0.25) is 0 Å². The van der Waals surface area contributed by atoms with Crippen LogP contribution in [0.1, 0.15) is 85.8 Å². The lowest BCUT2D eigenvalue weighted by Crippen LogP contribution is -2.08. The molecule has 0 saturated carbocycles. The fourth-order valence-electron chi connectivity index (χ4n) is 4.90. The molecule has 0 fully saturated rings. The molecular formula is C39H45N. The number of hydrogen-bond donors (Lipinski definition) is 0. The third-order valence-corrected chi connectivity index (χ3v) is 7.59. The Kier molecular flexibility index (Phi) is 11.4. The van der Waals surface area contributed by atoms with Crippen LogP contribution in [0.3, 0.4) is 0 Å². The summed E-state index contributed by atoms with van der Waals surface area (Å²) in [6.07, 6.45) is 18.9. The summed E-state index contributed by atoms with van der Waals surface area (Å²) < 4.78 is 0. The number of rotatable bonds is 14. The van der Waals surface area contributed by atoms with Crippen molar-refractivity contribution in [2.75, 3.05) is 11.9 Å². The van der Waals surface area contributed by atoms with Gasteiger partial charge in [-0.2, -0.15) is 0 Å². The van der Waals surface area contributed by atoms with Crippen molar-refractivity contribution in [3.8, 4) is 0 Å². The van der Waals surface area contributed by atoms with Gasteiger partial charge in [-0.05, 0) is 83.3 Å². The second-order valence-corrected chi connectivity index (χ2v) is 10.8. The van der Waals surface area contributed by atoms with Crippen LogP contribution in [-0.4, -0.2) is 7.05 Å². The number of nitrogens with zero attached hydrogens (tertiary/aromatic N) is 1. The quantitative estimate of drug-likeness (QED) is 0.116. The lowest BCUT2D eigenvalue weighted by molar-refractivity contribution is 0.717. The second-order valence-electron chi connectivity index (χ2n) is 10.8. The number of hydrogen-bond acceptors (Lipinski definition) is 1. The Labute approximate surface area is 242 Å². The van der Waals surface area contributed by atoms with Crippen molar-refractivity contribution in [1.82, 2.24) is 0 Å². The van der Waals surface area contributed by atoms with Gasteiger partial charge in [-0.3, -0.25) is 0 Å². The summed E-state index contributed by atoms with van der Waals surface area (Å²) >= 11 is 0. The van der Waals surface area contributed by atoms with Crippen LogP contribution in [0, 0.1) is 0 Å². The molecule has 0 heterocycles. The Hall–Kier alpha value is -3.84.